The number of hydrogen-bond acceptors (Lipinski definition) is 10. The Morgan fingerprint density at radius 1 is 1.02 bits per heavy atom. The monoisotopic (exact) mass is 870 g/mol. The Hall–Kier alpha value is -3.92. The highest BCUT2D eigenvalue weighted by atomic mass is 32.1. The molecule has 1 saturated heterocycles. The number of nitrogens with two attached hydrogens (primary N) is 1. The predicted octanol–water partition coefficient (Wildman–Crippen LogP) is 7.46. The number of benzene rings is 1. The number of anilines is 2. The van der Waals surface area contributed by atoms with Crippen molar-refractivity contribution >= 4 is 52.4 Å². The van der Waals surface area contributed by atoms with E-state index in [-0.39, 0.29) is 67.1 Å². The van der Waals surface area contributed by atoms with Crippen molar-refractivity contribution in [3.63, 3.8) is 0 Å². The van der Waals surface area contributed by atoms with Gasteiger partial charge in [0.1, 0.15) is 22.8 Å². The highest BCUT2D eigenvalue weighted by molar-refractivity contribution is 7.10. The number of likely N-dealkylation sites (tertiary alicyclic amines) is 1. The minimum absolute atomic E-state index is 0.0340. The molecule has 2 heterocycles. The number of nitrogens with one attached hydrogen (secondary N) is 3. The summed E-state index contributed by atoms with van der Waals surface area (Å²) in [5.74, 6) is -3.38. The maximum atomic E-state index is 14.9. The molecule has 15 heteroatoms. The highest BCUT2D eigenvalue weighted by Crippen LogP contribution is 2.34. The first-order chi connectivity index (χ1) is 29.0. The van der Waals surface area contributed by atoms with E-state index < -0.39 is 29.3 Å². The van der Waals surface area contributed by atoms with Crippen molar-refractivity contribution in [3.05, 3.63) is 40.2 Å². The number of nitrogens with zero attached hydrogens (tertiary/aromatic N) is 3. The molecular weight excluding hydrogens is 795 g/mol. The van der Waals surface area contributed by atoms with Crippen LogP contribution < -0.4 is 21.7 Å². The van der Waals surface area contributed by atoms with Crippen molar-refractivity contribution < 1.29 is 33.8 Å². The van der Waals surface area contributed by atoms with Crippen LogP contribution in [-0.4, -0.2) is 95.0 Å². The van der Waals surface area contributed by atoms with Crippen LogP contribution in [0.25, 0.3) is 0 Å². The smallest absolute Gasteiger partial charge is 0.309 e. The number of ether oxygens (including phenoxy) is 1. The number of carboxylic acid groups (broad SMARTS) is 1. The summed E-state index contributed by atoms with van der Waals surface area (Å²) < 4.78 is 6.36. The number of carboxylic acids is 1. The molecule has 1 aliphatic heterocycles. The first-order valence-electron chi connectivity index (χ1n) is 22.5. The molecule has 1 fully saturated rings. The van der Waals surface area contributed by atoms with Gasteiger partial charge in [0.05, 0.1) is 18.1 Å². The highest BCUT2D eigenvalue weighted by Gasteiger charge is 2.40. The van der Waals surface area contributed by atoms with Crippen molar-refractivity contribution in [1.82, 2.24) is 20.1 Å². The number of aromatic nitrogens is 1. The van der Waals surface area contributed by atoms with Crippen molar-refractivity contribution in [1.29, 1.82) is 0 Å². The lowest BCUT2D eigenvalue weighted by Gasteiger charge is -2.40. The Morgan fingerprint density at radius 2 is 1.72 bits per heavy atom. The van der Waals surface area contributed by atoms with Crippen LogP contribution in [0.5, 0.6) is 0 Å². The van der Waals surface area contributed by atoms with Gasteiger partial charge in [-0.3, -0.25) is 28.9 Å². The molecule has 6 N–H and O–H groups in total. The van der Waals surface area contributed by atoms with E-state index in [1.807, 2.05) is 32.7 Å². The van der Waals surface area contributed by atoms with Gasteiger partial charge in [-0.15, -0.1) is 11.3 Å². The normalized spacial score (nSPS) is 17.2. The number of unbranched alkanes of at least 4 members (excludes halogenated alkanes) is 3. The lowest BCUT2D eigenvalue weighted by atomic mass is 9.80. The summed E-state index contributed by atoms with van der Waals surface area (Å²) in [7, 11) is 2.02. The molecule has 342 valence electrons. The molecule has 0 saturated carbocycles. The molecule has 0 aliphatic carbocycles. The van der Waals surface area contributed by atoms with Gasteiger partial charge in [-0.1, -0.05) is 72.4 Å². The van der Waals surface area contributed by atoms with Crippen molar-refractivity contribution in [2.24, 2.45) is 34.8 Å². The number of carbonyl (C=O) groups is 5. The van der Waals surface area contributed by atoms with Crippen LogP contribution in [0.2, 0.25) is 0 Å². The van der Waals surface area contributed by atoms with Crippen LogP contribution >= 0.6 is 11.3 Å². The SMILES string of the molecule is CCCCCCN(C(=O)[C@H](C(=O)N[C@H]1CCCCN1C)[C@@H](C)CC)[C@H](C[C@@H](OCC)c1nc(NC(=O)[C@@H](Cc2ccc(NC(=O)CN)cc2)CC(C)(C)C(=O)O)cs1)C(C)C. The van der Waals surface area contributed by atoms with Gasteiger partial charge in [0.25, 0.3) is 0 Å². The number of piperidine rings is 1. The second-order valence-corrected chi connectivity index (χ2v) is 18.6. The van der Waals surface area contributed by atoms with Gasteiger partial charge in [0.15, 0.2) is 0 Å². The Balaban J connectivity index is 1.90. The number of thiazole rings is 1. The average Bonchev–Trinajstić information content (AvgIpc) is 3.68. The fraction of sp³-hybridized carbons (Fsp3) is 0.696. The quantitative estimate of drug-likeness (QED) is 0.0468. The third kappa shape index (κ3) is 15.7. The second-order valence-electron chi connectivity index (χ2n) is 17.8. The molecule has 14 nitrogen and oxygen atoms in total. The van der Waals surface area contributed by atoms with Crippen LogP contribution in [-0.2, 0) is 35.1 Å². The van der Waals surface area contributed by atoms with E-state index in [0.29, 0.717) is 42.5 Å². The maximum absolute atomic E-state index is 14.9. The topological polar surface area (TPSA) is 196 Å². The largest absolute Gasteiger partial charge is 0.481 e. The van der Waals surface area contributed by atoms with E-state index >= 15 is 0 Å². The second kappa shape index (κ2) is 25.3. The van der Waals surface area contributed by atoms with Gasteiger partial charge in [-0.2, -0.15) is 0 Å². The number of rotatable bonds is 26. The molecule has 0 spiro atoms. The maximum Gasteiger partial charge on any atom is 0.309 e. The number of aliphatic carboxylic acids is 1. The first kappa shape index (κ1) is 51.4. The summed E-state index contributed by atoms with van der Waals surface area (Å²) in [6.07, 6.45) is 7.79. The minimum Gasteiger partial charge on any atom is -0.481 e. The molecule has 1 aliphatic rings. The molecule has 3 rings (SSSR count). The van der Waals surface area contributed by atoms with Gasteiger partial charge in [0.2, 0.25) is 23.6 Å². The Morgan fingerprint density at radius 3 is 2.31 bits per heavy atom. The lowest BCUT2D eigenvalue weighted by Crippen LogP contribution is -2.56. The molecule has 0 radical (unpaired) electrons. The zero-order valence-corrected chi connectivity index (χ0v) is 39.1. The van der Waals surface area contributed by atoms with E-state index in [1.54, 1.807) is 43.5 Å². The molecule has 1 aromatic carbocycles. The third-order valence-corrected chi connectivity index (χ3v) is 13.0. The van der Waals surface area contributed by atoms with E-state index in [2.05, 4.69) is 41.6 Å². The zero-order chi connectivity index (χ0) is 45.3. The van der Waals surface area contributed by atoms with E-state index in [0.717, 1.165) is 57.1 Å². The van der Waals surface area contributed by atoms with Gasteiger partial charge >= 0.3 is 5.97 Å². The number of hydrogen-bond donors (Lipinski definition) is 5. The number of carbonyl (C=O) groups excluding carboxylic acids is 4. The van der Waals surface area contributed by atoms with Gasteiger partial charge in [0, 0.05) is 42.6 Å². The Bertz CT molecular complexity index is 1700. The summed E-state index contributed by atoms with van der Waals surface area (Å²) in [5, 5.41) is 21.3. The van der Waals surface area contributed by atoms with Crippen molar-refractivity contribution in [2.45, 2.75) is 144 Å². The average molecular weight is 870 g/mol. The van der Waals surface area contributed by atoms with Crippen molar-refractivity contribution in [2.75, 3.05) is 43.9 Å². The third-order valence-electron chi connectivity index (χ3n) is 12.0. The van der Waals surface area contributed by atoms with Gasteiger partial charge < -0.3 is 36.4 Å². The minimum atomic E-state index is -1.18. The fourth-order valence-corrected chi connectivity index (χ4v) is 8.82. The summed E-state index contributed by atoms with van der Waals surface area (Å²) in [6.45, 7) is 17.2. The summed E-state index contributed by atoms with van der Waals surface area (Å²) in [4.78, 5) is 75.9. The summed E-state index contributed by atoms with van der Waals surface area (Å²) in [5.41, 5.74) is 5.60. The Kier molecular flexibility index (Phi) is 21.3. The predicted molar refractivity (Wildman–Crippen MR) is 243 cm³/mol. The van der Waals surface area contributed by atoms with Crippen LogP contribution in [0.1, 0.15) is 136 Å². The zero-order valence-electron chi connectivity index (χ0n) is 38.3. The van der Waals surface area contributed by atoms with Crippen LogP contribution in [0, 0.1) is 29.1 Å². The van der Waals surface area contributed by atoms with E-state index in [9.17, 15) is 29.1 Å². The summed E-state index contributed by atoms with van der Waals surface area (Å²) >= 11 is 1.36. The molecule has 6 atom stereocenters. The molecule has 0 unspecified atom stereocenters. The molecule has 0 bridgehead atoms. The van der Waals surface area contributed by atoms with Crippen LogP contribution in [0.4, 0.5) is 11.5 Å². The van der Waals surface area contributed by atoms with Gasteiger partial charge in [-0.05, 0) is 102 Å². The molecular formula is C46H75N7O7S. The molecule has 61 heavy (non-hydrogen) atoms. The van der Waals surface area contributed by atoms with Crippen LogP contribution in [0.15, 0.2) is 29.6 Å². The Labute approximate surface area is 368 Å². The van der Waals surface area contributed by atoms with E-state index in [1.165, 1.54) is 11.3 Å². The van der Waals surface area contributed by atoms with Gasteiger partial charge in [-0.25, -0.2) is 4.98 Å². The van der Waals surface area contributed by atoms with Crippen molar-refractivity contribution in [3.8, 4) is 0 Å². The van der Waals surface area contributed by atoms with Crippen LogP contribution in [0.3, 0.4) is 0 Å². The fourth-order valence-electron chi connectivity index (χ4n) is 8.01. The standard InChI is InChI=1S/C46H75N7O7S/c1-10-13-14-16-24-53(44(57)40(31(6)11-2)42(56)51-38-18-15-17-23-52(38)9)35(30(4)5)26-36(60-12-3)43-50-37(29-61-43)49-41(55)33(27-46(7,8)45(58)59)25-32-19-21-34(22-20-32)48-39(54)28-47/h19-22,29-31,33,35-36,38,40H,10-18,23-28,47H2,1-9H3,(H,48,54)(H,49,55)(H,51,56)(H,58,59)/t31-,33-,35+,36+,38+,40-/m0/s1. The van der Waals surface area contributed by atoms with E-state index in [4.69, 9.17) is 15.5 Å². The molecule has 1 aromatic heterocycles. The molecule has 2 aromatic rings. The summed E-state index contributed by atoms with van der Waals surface area (Å²) in [6, 6.07) is 6.77. The molecule has 4 amide bonds. The number of amides is 4. The first-order valence-corrected chi connectivity index (χ1v) is 23.3. The lowest BCUT2D eigenvalue weighted by molar-refractivity contribution is -0.149.